The SMILES string of the molecule is Fc1ccc(F)cc1.O=C(NC1CC(O)C1)c1cnn2ccc(N3CCCC3)c(F)c12. The van der Waals surface area contributed by atoms with E-state index in [0.29, 0.717) is 18.5 Å². The number of aromatic nitrogens is 2. The summed E-state index contributed by atoms with van der Waals surface area (Å²) in [6, 6.07) is 5.98. The summed E-state index contributed by atoms with van der Waals surface area (Å²) in [4.78, 5) is 14.4. The van der Waals surface area contributed by atoms with Crippen LogP contribution in [0.15, 0.2) is 42.7 Å². The summed E-state index contributed by atoms with van der Waals surface area (Å²) < 4.78 is 40.2. The van der Waals surface area contributed by atoms with Gasteiger partial charge in [0.05, 0.1) is 23.6 Å². The number of nitrogens with one attached hydrogen (secondary N) is 1. The van der Waals surface area contributed by atoms with Crippen LogP contribution in [-0.2, 0) is 0 Å². The minimum atomic E-state index is -0.411. The first-order chi connectivity index (χ1) is 14.9. The fourth-order valence-electron chi connectivity index (χ4n) is 3.80. The topological polar surface area (TPSA) is 69.9 Å². The Kier molecular flexibility index (Phi) is 6.13. The number of carbonyl (C=O) groups is 1. The second kappa shape index (κ2) is 8.97. The van der Waals surface area contributed by atoms with Crippen LogP contribution in [0.3, 0.4) is 0 Å². The molecule has 0 atom stereocenters. The van der Waals surface area contributed by atoms with Gasteiger partial charge in [0.15, 0.2) is 5.82 Å². The molecule has 0 radical (unpaired) electrons. The van der Waals surface area contributed by atoms with Crippen molar-refractivity contribution in [3.8, 4) is 0 Å². The number of aliphatic hydroxyl groups is 1. The molecule has 1 amide bonds. The van der Waals surface area contributed by atoms with E-state index in [9.17, 15) is 23.1 Å². The quantitative estimate of drug-likeness (QED) is 0.667. The molecule has 2 aromatic heterocycles. The van der Waals surface area contributed by atoms with Gasteiger partial charge in [0.2, 0.25) is 0 Å². The van der Waals surface area contributed by atoms with Crippen molar-refractivity contribution < 1.29 is 23.1 Å². The summed E-state index contributed by atoms with van der Waals surface area (Å²) in [5.74, 6) is -1.56. The number of nitrogens with zero attached hydrogens (tertiary/aromatic N) is 3. The van der Waals surface area contributed by atoms with Gasteiger partial charge in [-0.3, -0.25) is 4.79 Å². The molecule has 0 bridgehead atoms. The van der Waals surface area contributed by atoms with E-state index in [4.69, 9.17) is 0 Å². The number of carbonyl (C=O) groups excluding carboxylic acids is 1. The number of hydrogen-bond donors (Lipinski definition) is 2. The number of fused-ring (bicyclic) bond motifs is 1. The largest absolute Gasteiger partial charge is 0.393 e. The van der Waals surface area contributed by atoms with E-state index in [2.05, 4.69) is 10.4 Å². The highest BCUT2D eigenvalue weighted by Gasteiger charge is 2.30. The molecular weight excluding hydrogens is 409 g/mol. The van der Waals surface area contributed by atoms with Crippen molar-refractivity contribution in [2.75, 3.05) is 18.0 Å². The van der Waals surface area contributed by atoms with E-state index in [1.54, 1.807) is 12.3 Å². The lowest BCUT2D eigenvalue weighted by Crippen LogP contribution is -2.46. The van der Waals surface area contributed by atoms with Crippen molar-refractivity contribution in [1.29, 1.82) is 0 Å². The average molecular weight is 432 g/mol. The van der Waals surface area contributed by atoms with Crippen molar-refractivity contribution >= 4 is 17.1 Å². The zero-order chi connectivity index (χ0) is 22.0. The van der Waals surface area contributed by atoms with Crippen LogP contribution in [0, 0.1) is 17.5 Å². The van der Waals surface area contributed by atoms with Gasteiger partial charge in [0, 0.05) is 25.3 Å². The summed E-state index contributed by atoms with van der Waals surface area (Å²) >= 11 is 0. The minimum Gasteiger partial charge on any atom is -0.393 e. The van der Waals surface area contributed by atoms with E-state index in [1.165, 1.54) is 10.7 Å². The molecule has 31 heavy (non-hydrogen) atoms. The molecule has 3 aromatic rings. The molecule has 1 saturated carbocycles. The van der Waals surface area contributed by atoms with Gasteiger partial charge in [0.1, 0.15) is 17.2 Å². The Labute approximate surface area is 177 Å². The third kappa shape index (κ3) is 4.66. The van der Waals surface area contributed by atoms with Gasteiger partial charge in [-0.1, -0.05) is 0 Å². The van der Waals surface area contributed by atoms with Crippen LogP contribution >= 0.6 is 0 Å². The van der Waals surface area contributed by atoms with Crippen LogP contribution in [0.4, 0.5) is 18.9 Å². The second-order valence-electron chi connectivity index (χ2n) is 7.79. The Morgan fingerprint density at radius 3 is 2.23 bits per heavy atom. The van der Waals surface area contributed by atoms with Gasteiger partial charge in [-0.25, -0.2) is 17.7 Å². The van der Waals surface area contributed by atoms with Crippen LogP contribution in [0.2, 0.25) is 0 Å². The van der Waals surface area contributed by atoms with Crippen LogP contribution < -0.4 is 10.2 Å². The van der Waals surface area contributed by atoms with Crippen LogP contribution in [0.25, 0.3) is 5.52 Å². The van der Waals surface area contributed by atoms with Gasteiger partial charge in [-0.15, -0.1) is 0 Å². The molecule has 1 aliphatic carbocycles. The molecule has 1 aliphatic heterocycles. The maximum atomic E-state index is 14.9. The highest BCUT2D eigenvalue weighted by Crippen LogP contribution is 2.28. The molecule has 1 aromatic carbocycles. The number of rotatable bonds is 3. The predicted octanol–water partition coefficient (Wildman–Crippen LogP) is 3.29. The van der Waals surface area contributed by atoms with E-state index in [0.717, 1.165) is 50.2 Å². The lowest BCUT2D eigenvalue weighted by Gasteiger charge is -2.31. The minimum absolute atomic E-state index is 0.0442. The summed E-state index contributed by atoms with van der Waals surface area (Å²) in [6.07, 6.45) is 5.95. The highest BCUT2D eigenvalue weighted by molar-refractivity contribution is 6.01. The Morgan fingerprint density at radius 2 is 1.65 bits per heavy atom. The first-order valence-electron chi connectivity index (χ1n) is 10.2. The average Bonchev–Trinajstić information content (AvgIpc) is 3.40. The van der Waals surface area contributed by atoms with E-state index in [1.807, 2.05) is 4.90 Å². The molecule has 6 nitrogen and oxygen atoms in total. The molecule has 0 spiro atoms. The molecule has 2 N–H and O–H groups in total. The maximum absolute atomic E-state index is 14.9. The fourth-order valence-corrected chi connectivity index (χ4v) is 3.80. The number of anilines is 1. The van der Waals surface area contributed by atoms with Gasteiger partial charge >= 0.3 is 0 Å². The normalized spacial score (nSPS) is 20.2. The first kappa shape index (κ1) is 21.2. The first-order valence-corrected chi connectivity index (χ1v) is 10.2. The van der Waals surface area contributed by atoms with Crippen LogP contribution in [0.1, 0.15) is 36.0 Å². The third-order valence-electron chi connectivity index (χ3n) is 5.55. The van der Waals surface area contributed by atoms with Crippen LogP contribution in [-0.4, -0.2) is 45.9 Å². The van der Waals surface area contributed by atoms with Gasteiger partial charge in [-0.05, 0) is 56.0 Å². The fraction of sp³-hybridized carbons (Fsp3) is 0.364. The molecule has 9 heteroatoms. The third-order valence-corrected chi connectivity index (χ3v) is 5.55. The predicted molar refractivity (Wildman–Crippen MR) is 109 cm³/mol. The van der Waals surface area contributed by atoms with Crippen molar-refractivity contribution in [3.05, 3.63) is 65.7 Å². The summed E-state index contributed by atoms with van der Waals surface area (Å²) in [6.45, 7) is 1.67. The molecule has 3 heterocycles. The second-order valence-corrected chi connectivity index (χ2v) is 7.79. The van der Waals surface area contributed by atoms with Crippen molar-refractivity contribution in [2.45, 2.75) is 37.8 Å². The van der Waals surface area contributed by atoms with E-state index < -0.39 is 17.5 Å². The summed E-state index contributed by atoms with van der Waals surface area (Å²) in [7, 11) is 0. The lowest BCUT2D eigenvalue weighted by atomic mass is 9.89. The zero-order valence-electron chi connectivity index (χ0n) is 16.8. The lowest BCUT2D eigenvalue weighted by molar-refractivity contribution is 0.0563. The van der Waals surface area contributed by atoms with Crippen molar-refractivity contribution in [3.63, 3.8) is 0 Å². The van der Waals surface area contributed by atoms with Crippen LogP contribution in [0.5, 0.6) is 0 Å². The Hall–Kier alpha value is -3.07. The Morgan fingerprint density at radius 1 is 1.03 bits per heavy atom. The monoisotopic (exact) mass is 432 g/mol. The molecule has 5 rings (SSSR count). The Balaban J connectivity index is 0.000000245. The number of aliphatic hydroxyl groups excluding tert-OH is 1. The van der Waals surface area contributed by atoms with Gasteiger partial charge in [-0.2, -0.15) is 5.10 Å². The number of pyridine rings is 1. The maximum Gasteiger partial charge on any atom is 0.255 e. The summed E-state index contributed by atoms with van der Waals surface area (Å²) in [5, 5.41) is 16.2. The molecule has 2 fully saturated rings. The van der Waals surface area contributed by atoms with Gasteiger partial charge in [0.25, 0.3) is 5.91 Å². The highest BCUT2D eigenvalue weighted by atomic mass is 19.1. The Bertz CT molecular complexity index is 1040. The number of benzene rings is 1. The van der Waals surface area contributed by atoms with E-state index in [-0.39, 0.29) is 29.1 Å². The van der Waals surface area contributed by atoms with Gasteiger partial charge < -0.3 is 15.3 Å². The number of hydrogen-bond acceptors (Lipinski definition) is 4. The van der Waals surface area contributed by atoms with E-state index >= 15 is 0 Å². The standard InChI is InChI=1S/C16H19FN4O2.C6H4F2/c17-14-13(20-4-1-2-5-20)3-6-21-15(14)12(9-18-21)16(23)19-10-7-11(22)8-10;7-5-1-2-6(8)4-3-5/h3,6,9-11,22H,1-2,4-5,7-8H2,(H,19,23);1-4H. The van der Waals surface area contributed by atoms with Crippen molar-refractivity contribution in [1.82, 2.24) is 14.9 Å². The molecular formula is C22H23F3N4O2. The molecule has 1 saturated heterocycles. The molecule has 0 unspecified atom stereocenters. The number of amides is 1. The smallest absolute Gasteiger partial charge is 0.255 e. The molecule has 164 valence electrons. The number of halogens is 3. The molecule has 2 aliphatic rings. The van der Waals surface area contributed by atoms with Crippen molar-refractivity contribution in [2.24, 2.45) is 0 Å². The summed E-state index contributed by atoms with van der Waals surface area (Å²) in [5.41, 5.74) is 0.986. The zero-order valence-corrected chi connectivity index (χ0v) is 16.8.